The van der Waals surface area contributed by atoms with Gasteiger partial charge in [-0.05, 0) is 39.7 Å². The van der Waals surface area contributed by atoms with Crippen LogP contribution in [0, 0.1) is 0 Å². The molecule has 0 radical (unpaired) electrons. The first-order valence-corrected chi connectivity index (χ1v) is 7.81. The smallest absolute Gasteiger partial charge is 0.374 e. The van der Waals surface area contributed by atoms with E-state index in [1.54, 1.807) is 0 Å². The molecule has 1 unspecified atom stereocenters. The van der Waals surface area contributed by atoms with Crippen molar-refractivity contribution in [3.05, 3.63) is 0 Å². The second-order valence-electron chi connectivity index (χ2n) is 5.76. The summed E-state index contributed by atoms with van der Waals surface area (Å²) in [5.41, 5.74) is -0.272. The molecule has 2 nitrogen and oxygen atoms in total. The fourth-order valence-corrected chi connectivity index (χ4v) is 3.38. The molecule has 0 aromatic heterocycles. The highest BCUT2D eigenvalue weighted by Crippen LogP contribution is 2.36. The van der Waals surface area contributed by atoms with Gasteiger partial charge in [0.1, 0.15) is 0 Å². The number of alkyl halides is 3. The highest BCUT2D eigenvalue weighted by molar-refractivity contribution is 4.94. The van der Waals surface area contributed by atoms with Gasteiger partial charge in [-0.3, -0.25) is 0 Å². The topological polar surface area (TPSA) is 21.3 Å². The number of nitrogens with one attached hydrogen (secondary N) is 1. The van der Waals surface area contributed by atoms with Crippen LogP contribution in [0.3, 0.4) is 0 Å². The van der Waals surface area contributed by atoms with Crippen molar-refractivity contribution < 1.29 is 17.9 Å². The quantitative estimate of drug-likeness (QED) is 0.701. The maximum absolute atomic E-state index is 12.3. The SMILES string of the molecule is CCOC1(C(CCCC(F)(F)F)NC)CCCCCC1. The highest BCUT2D eigenvalue weighted by Gasteiger charge is 2.39. The lowest BCUT2D eigenvalue weighted by atomic mass is 9.83. The van der Waals surface area contributed by atoms with Crippen LogP contribution in [-0.4, -0.2) is 31.5 Å². The van der Waals surface area contributed by atoms with Crippen LogP contribution in [0.2, 0.25) is 0 Å². The molecule has 0 bridgehead atoms. The molecule has 5 heteroatoms. The van der Waals surface area contributed by atoms with Gasteiger partial charge in [0.2, 0.25) is 0 Å². The molecular weight excluding hydrogens is 267 g/mol. The lowest BCUT2D eigenvalue weighted by molar-refractivity contribution is -0.137. The molecular formula is C15H28F3NO. The summed E-state index contributed by atoms with van der Waals surface area (Å²) in [5.74, 6) is 0. The Morgan fingerprint density at radius 3 is 2.20 bits per heavy atom. The van der Waals surface area contributed by atoms with Crippen molar-refractivity contribution in [2.75, 3.05) is 13.7 Å². The maximum atomic E-state index is 12.3. The summed E-state index contributed by atoms with van der Waals surface area (Å²) in [7, 11) is 1.84. The van der Waals surface area contributed by atoms with Crippen LogP contribution in [0.1, 0.15) is 64.7 Å². The molecule has 0 aliphatic heterocycles. The molecule has 0 aromatic carbocycles. The van der Waals surface area contributed by atoms with Crippen molar-refractivity contribution >= 4 is 0 Å². The van der Waals surface area contributed by atoms with Crippen LogP contribution in [0.15, 0.2) is 0 Å². The Morgan fingerprint density at radius 1 is 1.15 bits per heavy atom. The average Bonchev–Trinajstić information content (AvgIpc) is 2.60. The van der Waals surface area contributed by atoms with Crippen LogP contribution in [0.25, 0.3) is 0 Å². The summed E-state index contributed by atoms with van der Waals surface area (Å²) in [4.78, 5) is 0. The van der Waals surface area contributed by atoms with Gasteiger partial charge in [-0.1, -0.05) is 25.7 Å². The molecule has 1 saturated carbocycles. The van der Waals surface area contributed by atoms with E-state index in [0.717, 1.165) is 25.7 Å². The minimum atomic E-state index is -4.06. The minimum absolute atomic E-state index is 0.0166. The lowest BCUT2D eigenvalue weighted by Crippen LogP contribution is -2.51. The van der Waals surface area contributed by atoms with E-state index in [9.17, 15) is 13.2 Å². The van der Waals surface area contributed by atoms with Crippen LogP contribution in [-0.2, 0) is 4.74 Å². The average molecular weight is 295 g/mol. The van der Waals surface area contributed by atoms with Crippen molar-refractivity contribution in [3.63, 3.8) is 0 Å². The third-order valence-electron chi connectivity index (χ3n) is 4.32. The number of halogens is 3. The van der Waals surface area contributed by atoms with Crippen molar-refractivity contribution in [3.8, 4) is 0 Å². The molecule has 0 spiro atoms. The standard InChI is InChI=1S/C15H28F3NO/c1-3-20-14(10-6-4-5-7-11-14)13(19-2)9-8-12-15(16,17)18/h13,19H,3-12H2,1-2H3. The zero-order valence-corrected chi connectivity index (χ0v) is 12.7. The van der Waals surface area contributed by atoms with Crippen LogP contribution < -0.4 is 5.32 Å². The second-order valence-corrected chi connectivity index (χ2v) is 5.76. The van der Waals surface area contributed by atoms with Crippen molar-refractivity contribution in [1.29, 1.82) is 0 Å². The van der Waals surface area contributed by atoms with Crippen LogP contribution >= 0.6 is 0 Å². The minimum Gasteiger partial charge on any atom is -0.374 e. The summed E-state index contributed by atoms with van der Waals surface area (Å²) in [6.07, 6.45) is 2.47. The Labute approximate surface area is 120 Å². The first kappa shape index (κ1) is 17.8. The number of rotatable bonds is 7. The van der Waals surface area contributed by atoms with Gasteiger partial charge in [-0.25, -0.2) is 0 Å². The highest BCUT2D eigenvalue weighted by atomic mass is 19.4. The van der Waals surface area contributed by atoms with Crippen molar-refractivity contribution in [2.24, 2.45) is 0 Å². The predicted molar refractivity (Wildman–Crippen MR) is 74.8 cm³/mol. The molecule has 20 heavy (non-hydrogen) atoms. The summed E-state index contributed by atoms with van der Waals surface area (Å²) < 4.78 is 43.0. The summed E-state index contributed by atoms with van der Waals surface area (Å²) >= 11 is 0. The Hall–Kier alpha value is -0.290. The van der Waals surface area contributed by atoms with E-state index in [2.05, 4.69) is 5.32 Å². The Bertz CT molecular complexity index is 260. The first-order chi connectivity index (χ1) is 9.43. The van der Waals surface area contributed by atoms with Gasteiger partial charge in [0.25, 0.3) is 0 Å². The van der Waals surface area contributed by atoms with Gasteiger partial charge in [0, 0.05) is 19.1 Å². The van der Waals surface area contributed by atoms with E-state index in [4.69, 9.17) is 4.74 Å². The van der Waals surface area contributed by atoms with Gasteiger partial charge < -0.3 is 10.1 Å². The Kier molecular flexibility index (Phi) is 7.30. The summed E-state index contributed by atoms with van der Waals surface area (Å²) in [6, 6.07) is 0.0166. The number of hydrogen-bond donors (Lipinski definition) is 1. The molecule has 1 rings (SSSR count). The fraction of sp³-hybridized carbons (Fsp3) is 1.00. The predicted octanol–water partition coefficient (Wildman–Crippen LogP) is 4.44. The third-order valence-corrected chi connectivity index (χ3v) is 4.32. The normalized spacial score (nSPS) is 21.4. The number of hydrogen-bond acceptors (Lipinski definition) is 2. The van der Waals surface area contributed by atoms with Crippen molar-refractivity contribution in [2.45, 2.75) is 82.5 Å². The summed E-state index contributed by atoms with van der Waals surface area (Å²) in [5, 5.41) is 3.22. The van der Waals surface area contributed by atoms with Gasteiger partial charge in [0.15, 0.2) is 0 Å². The summed E-state index contributed by atoms with van der Waals surface area (Å²) in [6.45, 7) is 2.59. The molecule has 1 fully saturated rings. The van der Waals surface area contributed by atoms with E-state index < -0.39 is 12.6 Å². The third kappa shape index (κ3) is 5.60. The van der Waals surface area contributed by atoms with Gasteiger partial charge in [-0.2, -0.15) is 13.2 Å². The maximum Gasteiger partial charge on any atom is 0.389 e. The number of likely N-dealkylation sites (N-methyl/N-ethyl adjacent to an activating group) is 1. The van der Waals surface area contributed by atoms with Gasteiger partial charge >= 0.3 is 6.18 Å². The van der Waals surface area contributed by atoms with E-state index in [1.807, 2.05) is 14.0 Å². The largest absolute Gasteiger partial charge is 0.389 e. The van der Waals surface area contributed by atoms with Gasteiger partial charge in [0.05, 0.1) is 5.60 Å². The second kappa shape index (κ2) is 8.23. The van der Waals surface area contributed by atoms with E-state index >= 15 is 0 Å². The Balaban J connectivity index is 2.64. The molecule has 0 amide bonds. The first-order valence-electron chi connectivity index (χ1n) is 7.81. The zero-order valence-electron chi connectivity index (χ0n) is 12.7. The van der Waals surface area contributed by atoms with Crippen LogP contribution in [0.4, 0.5) is 13.2 Å². The molecule has 1 aliphatic carbocycles. The molecule has 120 valence electrons. The molecule has 0 saturated heterocycles. The zero-order chi connectivity index (χ0) is 15.1. The van der Waals surface area contributed by atoms with E-state index in [-0.39, 0.29) is 18.1 Å². The fourth-order valence-electron chi connectivity index (χ4n) is 3.38. The number of ether oxygens (including phenoxy) is 1. The van der Waals surface area contributed by atoms with Crippen molar-refractivity contribution in [1.82, 2.24) is 5.32 Å². The molecule has 1 atom stereocenters. The molecule has 1 N–H and O–H groups in total. The monoisotopic (exact) mass is 295 g/mol. The Morgan fingerprint density at radius 2 is 1.75 bits per heavy atom. The molecule has 0 heterocycles. The van der Waals surface area contributed by atoms with E-state index in [1.165, 1.54) is 12.8 Å². The lowest BCUT2D eigenvalue weighted by Gasteiger charge is -2.40. The van der Waals surface area contributed by atoms with Gasteiger partial charge in [-0.15, -0.1) is 0 Å². The molecule has 1 aliphatic rings. The van der Waals surface area contributed by atoms with Crippen LogP contribution in [0.5, 0.6) is 0 Å². The van der Waals surface area contributed by atoms with E-state index in [0.29, 0.717) is 13.0 Å². The molecule has 0 aromatic rings.